The molecule has 1 N–H and O–H groups in total. The van der Waals surface area contributed by atoms with Crippen molar-refractivity contribution >= 4 is 0 Å². The minimum Gasteiger partial charge on any atom is -0.251 e. The summed E-state index contributed by atoms with van der Waals surface area (Å²) in [4.78, 5) is 4.46. The molecule has 2 heteroatoms. The molecule has 0 aromatic heterocycles. The van der Waals surface area contributed by atoms with Gasteiger partial charge in [-0.15, -0.1) is 0 Å². The maximum absolute atomic E-state index is 8.68. The average Bonchev–Trinajstić information content (AvgIpc) is 1.87. The van der Waals surface area contributed by atoms with Crippen molar-refractivity contribution in [2.24, 2.45) is 11.3 Å². The molecule has 0 amide bonds. The van der Waals surface area contributed by atoms with Gasteiger partial charge in [-0.25, -0.2) is 4.89 Å². The molecule has 0 heterocycles. The van der Waals surface area contributed by atoms with Gasteiger partial charge in [0.2, 0.25) is 0 Å². The molecule has 0 saturated heterocycles. The molecular formula is C9H20O2. The Morgan fingerprint density at radius 2 is 1.45 bits per heavy atom. The SMILES string of the molecule is CC(C)C(C)(C)C(C)(C)OO. The number of hydrogen-bond donors (Lipinski definition) is 1. The number of hydrogen-bond acceptors (Lipinski definition) is 2. The van der Waals surface area contributed by atoms with Gasteiger partial charge < -0.3 is 0 Å². The van der Waals surface area contributed by atoms with E-state index in [0.29, 0.717) is 5.92 Å². The van der Waals surface area contributed by atoms with Crippen LogP contribution >= 0.6 is 0 Å². The highest BCUT2D eigenvalue weighted by Gasteiger charge is 2.40. The van der Waals surface area contributed by atoms with Crippen LogP contribution < -0.4 is 0 Å². The quantitative estimate of drug-likeness (QED) is 0.508. The summed E-state index contributed by atoms with van der Waals surface area (Å²) in [7, 11) is 0. The third-order valence-corrected chi connectivity index (χ3v) is 3.22. The van der Waals surface area contributed by atoms with Crippen molar-refractivity contribution in [1.29, 1.82) is 0 Å². The summed E-state index contributed by atoms with van der Waals surface area (Å²) in [5.41, 5.74) is -0.511. The van der Waals surface area contributed by atoms with Gasteiger partial charge in [-0.1, -0.05) is 27.7 Å². The van der Waals surface area contributed by atoms with Crippen molar-refractivity contribution in [3.8, 4) is 0 Å². The van der Waals surface area contributed by atoms with Crippen molar-refractivity contribution in [2.75, 3.05) is 0 Å². The Morgan fingerprint density at radius 3 is 1.55 bits per heavy atom. The summed E-state index contributed by atoms with van der Waals surface area (Å²) in [5, 5.41) is 8.68. The second-order valence-electron chi connectivity index (χ2n) is 4.48. The van der Waals surface area contributed by atoms with Crippen molar-refractivity contribution in [3.05, 3.63) is 0 Å². The van der Waals surface area contributed by atoms with Gasteiger partial charge in [0.15, 0.2) is 0 Å². The maximum Gasteiger partial charge on any atom is 0.103 e. The summed E-state index contributed by atoms with van der Waals surface area (Å²) >= 11 is 0. The first-order valence-corrected chi connectivity index (χ1v) is 4.08. The summed E-state index contributed by atoms with van der Waals surface area (Å²) < 4.78 is 0. The molecule has 0 aromatic carbocycles. The fourth-order valence-corrected chi connectivity index (χ4v) is 0.813. The van der Waals surface area contributed by atoms with Gasteiger partial charge in [-0.2, -0.15) is 0 Å². The zero-order valence-corrected chi connectivity index (χ0v) is 8.43. The molecule has 0 spiro atoms. The predicted octanol–water partition coefficient (Wildman–Crippen LogP) is 2.94. The lowest BCUT2D eigenvalue weighted by molar-refractivity contribution is -0.343. The topological polar surface area (TPSA) is 29.5 Å². The Hall–Kier alpha value is -0.0800. The molecule has 0 rings (SSSR count). The van der Waals surface area contributed by atoms with Crippen LogP contribution in [0.25, 0.3) is 0 Å². The van der Waals surface area contributed by atoms with Crippen molar-refractivity contribution in [3.63, 3.8) is 0 Å². The van der Waals surface area contributed by atoms with Crippen LogP contribution in [0.15, 0.2) is 0 Å². The fourth-order valence-electron chi connectivity index (χ4n) is 0.813. The summed E-state index contributed by atoms with van der Waals surface area (Å²) in [6, 6.07) is 0. The minimum absolute atomic E-state index is 0.0260. The molecule has 0 bridgehead atoms. The predicted molar refractivity (Wildman–Crippen MR) is 46.4 cm³/mol. The van der Waals surface area contributed by atoms with Crippen LogP contribution in [0.1, 0.15) is 41.5 Å². The van der Waals surface area contributed by atoms with Crippen LogP contribution in [0.2, 0.25) is 0 Å². The van der Waals surface area contributed by atoms with Crippen molar-refractivity contribution in [2.45, 2.75) is 47.1 Å². The minimum atomic E-state index is -0.485. The van der Waals surface area contributed by atoms with Gasteiger partial charge in [0.25, 0.3) is 0 Å². The van der Waals surface area contributed by atoms with E-state index in [9.17, 15) is 0 Å². The first kappa shape index (κ1) is 10.9. The Labute approximate surface area is 69.5 Å². The molecule has 0 fully saturated rings. The summed E-state index contributed by atoms with van der Waals surface area (Å²) in [5.74, 6) is 0.477. The standard InChI is InChI=1S/C9H20O2/c1-7(2)8(3,4)9(5,6)11-10/h7,10H,1-6H3. The maximum atomic E-state index is 8.68. The van der Waals surface area contributed by atoms with Crippen LogP contribution in [0, 0.1) is 11.3 Å². The smallest absolute Gasteiger partial charge is 0.103 e. The van der Waals surface area contributed by atoms with Gasteiger partial charge in [0.05, 0.1) is 0 Å². The first-order valence-electron chi connectivity index (χ1n) is 4.08. The van der Waals surface area contributed by atoms with E-state index in [1.54, 1.807) is 0 Å². The van der Waals surface area contributed by atoms with Crippen LogP contribution in [0.4, 0.5) is 0 Å². The highest BCUT2D eigenvalue weighted by atomic mass is 17.1. The molecule has 0 aliphatic rings. The molecule has 0 unspecified atom stereocenters. The summed E-state index contributed by atoms with van der Waals surface area (Å²) in [6.45, 7) is 12.2. The van der Waals surface area contributed by atoms with Crippen LogP contribution in [0.5, 0.6) is 0 Å². The van der Waals surface area contributed by atoms with Crippen molar-refractivity contribution in [1.82, 2.24) is 0 Å². The molecular weight excluding hydrogens is 140 g/mol. The molecule has 0 atom stereocenters. The third-order valence-electron chi connectivity index (χ3n) is 3.22. The lowest BCUT2D eigenvalue weighted by Crippen LogP contribution is -2.44. The fraction of sp³-hybridized carbons (Fsp3) is 1.00. The Morgan fingerprint density at radius 1 is 1.09 bits per heavy atom. The Balaban J connectivity index is 4.53. The van der Waals surface area contributed by atoms with Gasteiger partial charge in [0, 0.05) is 0 Å². The van der Waals surface area contributed by atoms with Gasteiger partial charge in [-0.05, 0) is 25.2 Å². The molecule has 0 aliphatic carbocycles. The highest BCUT2D eigenvalue weighted by Crippen LogP contribution is 2.39. The molecule has 0 saturated carbocycles. The first-order chi connectivity index (χ1) is 4.75. The second kappa shape index (κ2) is 3.11. The van der Waals surface area contributed by atoms with E-state index in [2.05, 4.69) is 32.6 Å². The van der Waals surface area contributed by atoms with Crippen LogP contribution in [0.3, 0.4) is 0 Å². The second-order valence-corrected chi connectivity index (χ2v) is 4.48. The monoisotopic (exact) mass is 160 g/mol. The lowest BCUT2D eigenvalue weighted by atomic mass is 9.69. The molecule has 0 radical (unpaired) electrons. The highest BCUT2D eigenvalue weighted by molar-refractivity contribution is 4.88. The number of rotatable bonds is 3. The Bertz CT molecular complexity index is 126. The van der Waals surface area contributed by atoms with Crippen LogP contribution in [-0.4, -0.2) is 10.9 Å². The van der Waals surface area contributed by atoms with E-state index < -0.39 is 5.60 Å². The van der Waals surface area contributed by atoms with E-state index in [1.165, 1.54) is 0 Å². The van der Waals surface area contributed by atoms with Gasteiger partial charge in [-0.3, -0.25) is 5.26 Å². The molecule has 0 aromatic rings. The van der Waals surface area contributed by atoms with Crippen molar-refractivity contribution < 1.29 is 10.1 Å². The van der Waals surface area contributed by atoms with E-state index in [0.717, 1.165) is 0 Å². The lowest BCUT2D eigenvalue weighted by Gasteiger charge is -2.41. The normalized spacial score (nSPS) is 14.2. The van der Waals surface area contributed by atoms with Gasteiger partial charge in [0.1, 0.15) is 5.60 Å². The zero-order valence-electron chi connectivity index (χ0n) is 8.43. The zero-order chi connectivity index (χ0) is 9.28. The van der Waals surface area contributed by atoms with E-state index in [1.807, 2.05) is 13.8 Å². The van der Waals surface area contributed by atoms with Gasteiger partial charge >= 0.3 is 0 Å². The van der Waals surface area contributed by atoms with E-state index in [4.69, 9.17) is 5.26 Å². The molecule has 68 valence electrons. The van der Waals surface area contributed by atoms with Crippen LogP contribution in [-0.2, 0) is 4.89 Å². The van der Waals surface area contributed by atoms with E-state index in [-0.39, 0.29) is 5.41 Å². The third kappa shape index (κ3) is 1.94. The average molecular weight is 160 g/mol. The van der Waals surface area contributed by atoms with E-state index >= 15 is 0 Å². The summed E-state index contributed by atoms with van der Waals surface area (Å²) in [6.07, 6.45) is 0. The largest absolute Gasteiger partial charge is 0.251 e. The molecule has 0 aliphatic heterocycles. The Kier molecular flexibility index (Phi) is 3.09. The molecule has 2 nitrogen and oxygen atoms in total. The molecule has 11 heavy (non-hydrogen) atoms.